The molecule has 1 aromatic rings. The second-order valence-electron chi connectivity index (χ2n) is 5.71. The van der Waals surface area contributed by atoms with Crippen molar-refractivity contribution < 1.29 is 22.3 Å². The van der Waals surface area contributed by atoms with Crippen molar-refractivity contribution in [2.24, 2.45) is 0 Å². The summed E-state index contributed by atoms with van der Waals surface area (Å²) in [5.74, 6) is -0.751. The lowest BCUT2D eigenvalue weighted by atomic mass is 10.3. The third-order valence-electron chi connectivity index (χ3n) is 3.90. The minimum Gasteiger partial charge on any atom is -0.465 e. The molecule has 2 rings (SSSR count). The van der Waals surface area contributed by atoms with Gasteiger partial charge in [-0.3, -0.25) is 9.69 Å². The Morgan fingerprint density at radius 1 is 1.17 bits per heavy atom. The Bertz CT molecular complexity index is 641. The molecule has 0 spiro atoms. The number of nitrogens with zero attached hydrogens (tertiary/aromatic N) is 2. The molecule has 0 amide bonds. The number of sulfonamides is 1. The fraction of sp³-hybridized carbons (Fsp3) is 0.562. The number of hydrogen-bond acceptors (Lipinski definition) is 5. The third-order valence-corrected chi connectivity index (χ3v) is 5.81. The number of hydrogen-bond donors (Lipinski definition) is 0. The van der Waals surface area contributed by atoms with Crippen LogP contribution in [0.15, 0.2) is 29.2 Å². The molecular formula is C16H23FN2O4S. The number of carbonyl (C=O) groups is 1. The minimum atomic E-state index is -3.62. The monoisotopic (exact) mass is 358 g/mol. The zero-order valence-corrected chi connectivity index (χ0v) is 14.6. The van der Waals surface area contributed by atoms with Gasteiger partial charge in [-0.15, -0.1) is 0 Å². The van der Waals surface area contributed by atoms with Crippen molar-refractivity contribution in [3.05, 3.63) is 30.1 Å². The van der Waals surface area contributed by atoms with Crippen LogP contribution in [0.1, 0.15) is 19.8 Å². The van der Waals surface area contributed by atoms with E-state index >= 15 is 0 Å². The van der Waals surface area contributed by atoms with Gasteiger partial charge in [-0.05, 0) is 30.7 Å². The quantitative estimate of drug-likeness (QED) is 0.546. The van der Waals surface area contributed by atoms with Crippen LogP contribution in [0.25, 0.3) is 0 Å². The van der Waals surface area contributed by atoms with E-state index in [-0.39, 0.29) is 17.4 Å². The molecule has 0 unspecified atom stereocenters. The average Bonchev–Trinajstić information content (AvgIpc) is 2.56. The Hall–Kier alpha value is -1.51. The van der Waals surface area contributed by atoms with Crippen molar-refractivity contribution in [1.82, 2.24) is 9.21 Å². The van der Waals surface area contributed by atoms with E-state index in [1.165, 1.54) is 16.4 Å². The molecule has 8 heteroatoms. The second kappa shape index (κ2) is 8.55. The largest absolute Gasteiger partial charge is 0.465 e. The third kappa shape index (κ3) is 4.99. The van der Waals surface area contributed by atoms with Crippen molar-refractivity contribution in [3.8, 4) is 0 Å². The van der Waals surface area contributed by atoms with Gasteiger partial charge in [0.1, 0.15) is 5.82 Å². The molecular weight excluding hydrogens is 335 g/mol. The van der Waals surface area contributed by atoms with Crippen LogP contribution in [-0.4, -0.2) is 62.9 Å². The molecule has 0 aromatic heterocycles. The van der Waals surface area contributed by atoms with Crippen LogP contribution >= 0.6 is 0 Å². The first-order valence-corrected chi connectivity index (χ1v) is 9.51. The van der Waals surface area contributed by atoms with Gasteiger partial charge in [0, 0.05) is 26.2 Å². The van der Waals surface area contributed by atoms with Gasteiger partial charge in [-0.2, -0.15) is 4.31 Å². The Morgan fingerprint density at radius 3 is 2.38 bits per heavy atom. The Balaban J connectivity index is 1.85. The predicted octanol–water partition coefficient (Wildman–Crippen LogP) is 1.48. The van der Waals surface area contributed by atoms with Gasteiger partial charge in [-0.1, -0.05) is 13.3 Å². The van der Waals surface area contributed by atoms with E-state index in [0.29, 0.717) is 32.8 Å². The standard InChI is InChI=1S/C16H23FN2O4S/c1-2-3-12-23-16(20)13-18-8-10-19(11-9-18)24(21,22)15-6-4-14(17)5-7-15/h4-7H,2-3,8-13H2,1H3. The summed E-state index contributed by atoms with van der Waals surface area (Å²) in [7, 11) is -3.62. The van der Waals surface area contributed by atoms with Crippen molar-refractivity contribution in [3.63, 3.8) is 0 Å². The number of ether oxygens (including phenoxy) is 1. The number of unbranched alkanes of at least 4 members (excludes halogenated alkanes) is 1. The van der Waals surface area contributed by atoms with Crippen molar-refractivity contribution in [2.45, 2.75) is 24.7 Å². The molecule has 1 heterocycles. The predicted molar refractivity (Wildman–Crippen MR) is 87.5 cm³/mol. The molecule has 6 nitrogen and oxygen atoms in total. The van der Waals surface area contributed by atoms with Gasteiger partial charge < -0.3 is 4.74 Å². The number of halogens is 1. The molecule has 134 valence electrons. The number of piperazine rings is 1. The highest BCUT2D eigenvalue weighted by atomic mass is 32.2. The lowest BCUT2D eigenvalue weighted by Gasteiger charge is -2.33. The van der Waals surface area contributed by atoms with Gasteiger partial charge in [-0.25, -0.2) is 12.8 Å². The summed E-state index contributed by atoms with van der Waals surface area (Å²) in [4.78, 5) is 13.6. The SMILES string of the molecule is CCCCOC(=O)CN1CCN(S(=O)(=O)c2ccc(F)cc2)CC1. The van der Waals surface area contributed by atoms with E-state index in [1.54, 1.807) is 0 Å². The molecule has 0 aliphatic carbocycles. The molecule has 1 aliphatic heterocycles. The Labute approximate surface area is 142 Å². The van der Waals surface area contributed by atoms with Gasteiger partial charge >= 0.3 is 5.97 Å². The van der Waals surface area contributed by atoms with E-state index in [9.17, 15) is 17.6 Å². The van der Waals surface area contributed by atoms with Crippen molar-refractivity contribution in [2.75, 3.05) is 39.3 Å². The van der Waals surface area contributed by atoms with Gasteiger partial charge in [0.25, 0.3) is 0 Å². The van der Waals surface area contributed by atoms with Crippen LogP contribution in [0.5, 0.6) is 0 Å². The fourth-order valence-corrected chi connectivity index (χ4v) is 3.86. The van der Waals surface area contributed by atoms with E-state index in [4.69, 9.17) is 4.74 Å². The fourth-order valence-electron chi connectivity index (χ4n) is 2.44. The Kier molecular flexibility index (Phi) is 6.70. The maximum absolute atomic E-state index is 12.9. The zero-order valence-electron chi connectivity index (χ0n) is 13.8. The van der Waals surface area contributed by atoms with Crippen LogP contribution in [0.3, 0.4) is 0 Å². The maximum atomic E-state index is 12.9. The molecule has 24 heavy (non-hydrogen) atoms. The van der Waals surface area contributed by atoms with Gasteiger partial charge in [0.15, 0.2) is 0 Å². The summed E-state index contributed by atoms with van der Waals surface area (Å²) in [5.41, 5.74) is 0. The molecule has 1 aliphatic rings. The highest BCUT2D eigenvalue weighted by Gasteiger charge is 2.29. The Morgan fingerprint density at radius 2 is 1.79 bits per heavy atom. The van der Waals surface area contributed by atoms with Crippen LogP contribution in [0, 0.1) is 5.82 Å². The van der Waals surface area contributed by atoms with Gasteiger partial charge in [0.2, 0.25) is 10.0 Å². The average molecular weight is 358 g/mol. The van der Waals surface area contributed by atoms with E-state index < -0.39 is 15.8 Å². The van der Waals surface area contributed by atoms with E-state index in [0.717, 1.165) is 25.0 Å². The van der Waals surface area contributed by atoms with E-state index in [1.807, 2.05) is 11.8 Å². The van der Waals surface area contributed by atoms with Crippen molar-refractivity contribution >= 4 is 16.0 Å². The van der Waals surface area contributed by atoms with Crippen LogP contribution < -0.4 is 0 Å². The lowest BCUT2D eigenvalue weighted by molar-refractivity contribution is -0.145. The zero-order chi connectivity index (χ0) is 17.6. The summed E-state index contributed by atoms with van der Waals surface area (Å²) in [6.45, 7) is 4.13. The van der Waals surface area contributed by atoms with E-state index in [2.05, 4.69) is 0 Å². The van der Waals surface area contributed by atoms with Crippen molar-refractivity contribution in [1.29, 1.82) is 0 Å². The molecule has 1 saturated heterocycles. The normalized spacial score (nSPS) is 16.9. The summed E-state index contributed by atoms with van der Waals surface area (Å²) in [5, 5.41) is 0. The van der Waals surface area contributed by atoms with Crippen LogP contribution in [0.2, 0.25) is 0 Å². The maximum Gasteiger partial charge on any atom is 0.320 e. The molecule has 1 aromatic carbocycles. The summed E-state index contributed by atoms with van der Waals surface area (Å²) < 4.78 is 44.4. The molecule has 0 saturated carbocycles. The molecule has 0 bridgehead atoms. The first kappa shape index (κ1) is 18.8. The second-order valence-corrected chi connectivity index (χ2v) is 7.65. The number of benzene rings is 1. The molecule has 0 N–H and O–H groups in total. The van der Waals surface area contributed by atoms with Crippen LogP contribution in [-0.2, 0) is 19.6 Å². The molecule has 0 radical (unpaired) electrons. The number of esters is 1. The minimum absolute atomic E-state index is 0.0799. The topological polar surface area (TPSA) is 66.9 Å². The lowest BCUT2D eigenvalue weighted by Crippen LogP contribution is -2.50. The molecule has 1 fully saturated rings. The first-order valence-electron chi connectivity index (χ1n) is 8.07. The first-order chi connectivity index (χ1) is 11.4. The number of carbonyl (C=O) groups excluding carboxylic acids is 1. The summed E-state index contributed by atoms with van der Waals surface area (Å²) in [6.07, 6.45) is 1.81. The smallest absolute Gasteiger partial charge is 0.320 e. The van der Waals surface area contributed by atoms with Gasteiger partial charge in [0.05, 0.1) is 18.0 Å². The van der Waals surface area contributed by atoms with Crippen LogP contribution in [0.4, 0.5) is 4.39 Å². The summed E-state index contributed by atoms with van der Waals surface area (Å²) >= 11 is 0. The summed E-state index contributed by atoms with van der Waals surface area (Å²) in [6, 6.07) is 4.80. The highest BCUT2D eigenvalue weighted by Crippen LogP contribution is 2.18. The highest BCUT2D eigenvalue weighted by molar-refractivity contribution is 7.89. The number of rotatable bonds is 7. The molecule has 0 atom stereocenters.